The fourth-order valence-corrected chi connectivity index (χ4v) is 2.53. The number of carbonyl (C=O) groups is 2. The van der Waals surface area contributed by atoms with E-state index in [4.69, 9.17) is 14.2 Å². The van der Waals surface area contributed by atoms with E-state index >= 15 is 0 Å². The van der Waals surface area contributed by atoms with Crippen molar-refractivity contribution in [1.29, 1.82) is 0 Å². The standard InChI is InChI=1S/C15H19NO5/c1-19-12-7-6-10(9-13(12)20-2)14(17)16-8-4-5-11(16)15(18)21-3/h6-7,9,11H,4-5,8H2,1-3H3. The molecule has 2 rings (SSSR count). The maximum atomic E-state index is 12.6. The van der Waals surface area contributed by atoms with Gasteiger partial charge in [0.2, 0.25) is 0 Å². The van der Waals surface area contributed by atoms with Gasteiger partial charge in [0.05, 0.1) is 21.3 Å². The zero-order valence-electron chi connectivity index (χ0n) is 12.4. The Morgan fingerprint density at radius 1 is 1.14 bits per heavy atom. The van der Waals surface area contributed by atoms with Crippen molar-refractivity contribution in [1.82, 2.24) is 4.90 Å². The van der Waals surface area contributed by atoms with Gasteiger partial charge in [0, 0.05) is 12.1 Å². The Morgan fingerprint density at radius 2 is 1.86 bits per heavy atom. The minimum atomic E-state index is -0.504. The fraction of sp³-hybridized carbons (Fsp3) is 0.467. The number of rotatable bonds is 4. The van der Waals surface area contributed by atoms with Crippen molar-refractivity contribution < 1.29 is 23.8 Å². The second kappa shape index (κ2) is 6.47. The average Bonchev–Trinajstić information content (AvgIpc) is 3.02. The van der Waals surface area contributed by atoms with E-state index in [-0.39, 0.29) is 11.9 Å². The fourth-order valence-electron chi connectivity index (χ4n) is 2.53. The molecule has 1 atom stereocenters. The number of esters is 1. The summed E-state index contributed by atoms with van der Waals surface area (Å²) in [6.07, 6.45) is 1.42. The Morgan fingerprint density at radius 3 is 2.48 bits per heavy atom. The summed E-state index contributed by atoms with van der Waals surface area (Å²) in [5.41, 5.74) is 0.462. The van der Waals surface area contributed by atoms with Gasteiger partial charge in [-0.3, -0.25) is 4.79 Å². The molecule has 1 unspecified atom stereocenters. The lowest BCUT2D eigenvalue weighted by Gasteiger charge is -2.23. The van der Waals surface area contributed by atoms with Crippen molar-refractivity contribution in [3.63, 3.8) is 0 Å². The van der Waals surface area contributed by atoms with Crippen LogP contribution in [0.1, 0.15) is 23.2 Å². The van der Waals surface area contributed by atoms with Crippen LogP contribution in [0.4, 0.5) is 0 Å². The van der Waals surface area contributed by atoms with Crippen molar-refractivity contribution in [3.8, 4) is 11.5 Å². The van der Waals surface area contributed by atoms with Crippen LogP contribution >= 0.6 is 0 Å². The molecule has 0 aliphatic carbocycles. The summed E-state index contributed by atoms with van der Waals surface area (Å²) in [5.74, 6) is 0.460. The molecule has 0 N–H and O–H groups in total. The first-order valence-corrected chi connectivity index (χ1v) is 6.73. The van der Waals surface area contributed by atoms with E-state index in [1.54, 1.807) is 23.1 Å². The third-order valence-corrected chi connectivity index (χ3v) is 3.62. The minimum absolute atomic E-state index is 0.205. The van der Waals surface area contributed by atoms with Gasteiger partial charge in [-0.05, 0) is 31.0 Å². The number of nitrogens with zero attached hydrogens (tertiary/aromatic N) is 1. The zero-order valence-corrected chi connectivity index (χ0v) is 12.4. The first-order chi connectivity index (χ1) is 10.1. The van der Waals surface area contributed by atoms with Gasteiger partial charge in [0.1, 0.15) is 6.04 Å². The van der Waals surface area contributed by atoms with E-state index < -0.39 is 6.04 Å². The molecule has 1 saturated heterocycles. The van der Waals surface area contributed by atoms with Crippen molar-refractivity contribution in [2.45, 2.75) is 18.9 Å². The lowest BCUT2D eigenvalue weighted by molar-refractivity contribution is -0.145. The molecule has 0 saturated carbocycles. The van der Waals surface area contributed by atoms with Gasteiger partial charge < -0.3 is 19.1 Å². The summed E-state index contributed by atoms with van der Waals surface area (Å²) < 4.78 is 15.1. The van der Waals surface area contributed by atoms with Crippen LogP contribution in [0, 0.1) is 0 Å². The first-order valence-electron chi connectivity index (χ1n) is 6.73. The Hall–Kier alpha value is -2.24. The lowest BCUT2D eigenvalue weighted by Crippen LogP contribution is -2.41. The summed E-state index contributed by atoms with van der Waals surface area (Å²) in [5, 5.41) is 0. The van der Waals surface area contributed by atoms with Gasteiger partial charge in [-0.25, -0.2) is 4.79 Å². The molecule has 0 radical (unpaired) electrons. The molecule has 0 spiro atoms. The van der Waals surface area contributed by atoms with Gasteiger partial charge in [-0.2, -0.15) is 0 Å². The smallest absolute Gasteiger partial charge is 0.328 e. The summed E-state index contributed by atoms with van der Waals surface area (Å²) in [4.78, 5) is 25.8. The van der Waals surface area contributed by atoms with E-state index in [9.17, 15) is 9.59 Å². The average molecular weight is 293 g/mol. The topological polar surface area (TPSA) is 65.1 Å². The third-order valence-electron chi connectivity index (χ3n) is 3.62. The molecule has 114 valence electrons. The molecule has 1 aliphatic heterocycles. The highest BCUT2D eigenvalue weighted by molar-refractivity contribution is 5.97. The maximum absolute atomic E-state index is 12.6. The second-order valence-corrected chi connectivity index (χ2v) is 4.75. The minimum Gasteiger partial charge on any atom is -0.493 e. The van der Waals surface area contributed by atoms with Gasteiger partial charge in [-0.15, -0.1) is 0 Å². The van der Waals surface area contributed by atoms with Crippen molar-refractivity contribution >= 4 is 11.9 Å². The number of benzene rings is 1. The molecule has 0 aromatic heterocycles. The molecule has 6 nitrogen and oxygen atoms in total. The highest BCUT2D eigenvalue weighted by Crippen LogP contribution is 2.29. The lowest BCUT2D eigenvalue weighted by atomic mass is 10.1. The molecule has 1 aromatic carbocycles. The van der Waals surface area contributed by atoms with Gasteiger partial charge in [-0.1, -0.05) is 0 Å². The SMILES string of the molecule is COC(=O)C1CCCN1C(=O)c1ccc(OC)c(OC)c1. The van der Waals surface area contributed by atoms with E-state index in [0.29, 0.717) is 30.0 Å². The molecule has 0 bridgehead atoms. The molecule has 6 heteroatoms. The van der Waals surface area contributed by atoms with Crippen molar-refractivity contribution in [2.24, 2.45) is 0 Å². The number of ether oxygens (including phenoxy) is 3. The predicted octanol–water partition coefficient (Wildman–Crippen LogP) is 1.48. The number of likely N-dealkylation sites (tertiary alicyclic amines) is 1. The first kappa shape index (κ1) is 15.2. The van der Waals surface area contributed by atoms with Crippen LogP contribution < -0.4 is 9.47 Å². The summed E-state index contributed by atoms with van der Waals surface area (Å²) in [6.45, 7) is 0.549. The predicted molar refractivity (Wildman–Crippen MR) is 75.6 cm³/mol. The number of hydrogen-bond acceptors (Lipinski definition) is 5. The normalized spacial score (nSPS) is 17.5. The van der Waals surface area contributed by atoms with Crippen LogP contribution in [-0.4, -0.2) is 50.7 Å². The zero-order chi connectivity index (χ0) is 15.4. The highest BCUT2D eigenvalue weighted by Gasteiger charge is 2.35. The van der Waals surface area contributed by atoms with Gasteiger partial charge in [0.15, 0.2) is 11.5 Å². The molecule has 1 amide bonds. The number of hydrogen-bond donors (Lipinski definition) is 0. The molecular weight excluding hydrogens is 274 g/mol. The Balaban J connectivity index is 2.25. The van der Waals surface area contributed by atoms with Crippen molar-refractivity contribution in [3.05, 3.63) is 23.8 Å². The Kier molecular flexibility index (Phi) is 4.67. The molecular formula is C15H19NO5. The Bertz CT molecular complexity index is 543. The van der Waals surface area contributed by atoms with Crippen molar-refractivity contribution in [2.75, 3.05) is 27.9 Å². The van der Waals surface area contributed by atoms with E-state index in [1.807, 2.05) is 0 Å². The van der Waals surface area contributed by atoms with E-state index in [2.05, 4.69) is 0 Å². The van der Waals surface area contributed by atoms with Crippen LogP contribution in [-0.2, 0) is 9.53 Å². The molecule has 21 heavy (non-hydrogen) atoms. The molecule has 1 aliphatic rings. The summed E-state index contributed by atoms with van der Waals surface area (Å²) >= 11 is 0. The van der Waals surface area contributed by atoms with E-state index in [0.717, 1.165) is 6.42 Å². The van der Waals surface area contributed by atoms with Crippen LogP contribution in [0.15, 0.2) is 18.2 Å². The number of carbonyl (C=O) groups excluding carboxylic acids is 2. The monoisotopic (exact) mass is 293 g/mol. The van der Waals surface area contributed by atoms with Crippen LogP contribution in [0.5, 0.6) is 11.5 Å². The third kappa shape index (κ3) is 2.94. The highest BCUT2D eigenvalue weighted by atomic mass is 16.5. The van der Waals surface area contributed by atoms with Gasteiger partial charge in [0.25, 0.3) is 5.91 Å². The van der Waals surface area contributed by atoms with E-state index in [1.165, 1.54) is 21.3 Å². The molecule has 1 aromatic rings. The quantitative estimate of drug-likeness (QED) is 0.787. The van der Waals surface area contributed by atoms with Crippen LogP contribution in [0.2, 0.25) is 0 Å². The summed E-state index contributed by atoms with van der Waals surface area (Å²) in [7, 11) is 4.38. The van der Waals surface area contributed by atoms with Gasteiger partial charge >= 0.3 is 5.97 Å². The Labute approximate surface area is 123 Å². The molecule has 1 heterocycles. The number of methoxy groups -OCH3 is 3. The van der Waals surface area contributed by atoms with Crippen LogP contribution in [0.3, 0.4) is 0 Å². The molecule has 1 fully saturated rings. The van der Waals surface area contributed by atoms with Crippen LogP contribution in [0.25, 0.3) is 0 Å². The maximum Gasteiger partial charge on any atom is 0.328 e. The summed E-state index contributed by atoms with van der Waals surface area (Å²) in [6, 6.07) is 4.45. The largest absolute Gasteiger partial charge is 0.493 e. The second-order valence-electron chi connectivity index (χ2n) is 4.75. The number of amides is 1.